The van der Waals surface area contributed by atoms with Gasteiger partial charge in [-0.2, -0.15) is 10.4 Å². The van der Waals surface area contributed by atoms with Crippen LogP contribution in [0, 0.1) is 17.2 Å². The third-order valence-corrected chi connectivity index (χ3v) is 2.31. The number of hydrogen-bond donors (Lipinski definition) is 1. The van der Waals surface area contributed by atoms with Gasteiger partial charge in [0.2, 0.25) is 0 Å². The van der Waals surface area contributed by atoms with Crippen LogP contribution in [0.3, 0.4) is 0 Å². The number of nitriles is 1. The number of aryl methyl sites for hydroxylation is 1. The molecule has 0 amide bonds. The van der Waals surface area contributed by atoms with E-state index in [1.807, 2.05) is 7.05 Å². The Morgan fingerprint density at radius 2 is 2.14 bits per heavy atom. The first kappa shape index (κ1) is 10.6. The Bertz CT molecular complexity index is 345. The van der Waals surface area contributed by atoms with Crippen molar-refractivity contribution < 1.29 is 0 Å². The molecule has 14 heavy (non-hydrogen) atoms. The van der Waals surface area contributed by atoms with Gasteiger partial charge in [-0.3, -0.25) is 4.68 Å². The summed E-state index contributed by atoms with van der Waals surface area (Å²) in [5.74, 6) is 1.19. The number of hydrogen-bond acceptors (Lipinski definition) is 3. The van der Waals surface area contributed by atoms with Crippen molar-refractivity contribution in [1.29, 1.82) is 5.26 Å². The van der Waals surface area contributed by atoms with E-state index in [1.54, 1.807) is 10.9 Å². The highest BCUT2D eigenvalue weighted by atomic mass is 15.3. The summed E-state index contributed by atoms with van der Waals surface area (Å²) in [5.41, 5.74) is 0.597. The van der Waals surface area contributed by atoms with Crippen LogP contribution in [0.4, 0.5) is 5.82 Å². The van der Waals surface area contributed by atoms with E-state index in [0.29, 0.717) is 23.3 Å². The van der Waals surface area contributed by atoms with Crippen molar-refractivity contribution in [1.82, 2.24) is 9.78 Å². The maximum atomic E-state index is 8.84. The van der Waals surface area contributed by atoms with E-state index in [0.717, 1.165) is 0 Å². The molecule has 0 aromatic carbocycles. The Kier molecular flexibility index (Phi) is 3.13. The van der Waals surface area contributed by atoms with E-state index in [-0.39, 0.29) is 0 Å². The second-order valence-corrected chi connectivity index (χ2v) is 3.85. The first-order valence-electron chi connectivity index (χ1n) is 4.75. The van der Waals surface area contributed by atoms with Crippen LogP contribution in [0.5, 0.6) is 0 Å². The van der Waals surface area contributed by atoms with E-state index >= 15 is 0 Å². The summed E-state index contributed by atoms with van der Waals surface area (Å²) in [5, 5.41) is 16.3. The van der Waals surface area contributed by atoms with Gasteiger partial charge < -0.3 is 5.32 Å². The highest BCUT2D eigenvalue weighted by molar-refractivity contribution is 5.51. The van der Waals surface area contributed by atoms with Crippen LogP contribution in [0.2, 0.25) is 0 Å². The van der Waals surface area contributed by atoms with Gasteiger partial charge >= 0.3 is 0 Å². The minimum absolute atomic E-state index is 0.317. The third-order valence-electron chi connectivity index (χ3n) is 2.31. The van der Waals surface area contributed by atoms with Crippen molar-refractivity contribution in [2.45, 2.75) is 26.8 Å². The molecule has 76 valence electrons. The molecule has 0 aliphatic rings. The molecule has 0 aliphatic carbocycles. The fourth-order valence-electron chi connectivity index (χ4n) is 1.06. The molecule has 1 heterocycles. The van der Waals surface area contributed by atoms with Crippen LogP contribution in [-0.4, -0.2) is 15.8 Å². The molecule has 1 aromatic rings. The Labute approximate surface area is 84.5 Å². The lowest BCUT2D eigenvalue weighted by atomic mass is 10.1. The van der Waals surface area contributed by atoms with Gasteiger partial charge in [-0.25, -0.2) is 0 Å². The molecular formula is C10H16N4. The zero-order valence-electron chi connectivity index (χ0n) is 9.07. The second-order valence-electron chi connectivity index (χ2n) is 3.85. The first-order chi connectivity index (χ1) is 6.54. The molecule has 1 rings (SSSR count). The van der Waals surface area contributed by atoms with Crippen LogP contribution in [0.15, 0.2) is 6.20 Å². The second kappa shape index (κ2) is 4.14. The number of nitrogens with zero attached hydrogens (tertiary/aromatic N) is 3. The van der Waals surface area contributed by atoms with Gasteiger partial charge in [0.05, 0.1) is 0 Å². The van der Waals surface area contributed by atoms with Crippen molar-refractivity contribution in [2.75, 3.05) is 5.32 Å². The summed E-state index contributed by atoms with van der Waals surface area (Å²) in [6, 6.07) is 2.43. The van der Waals surface area contributed by atoms with E-state index < -0.39 is 0 Å². The average Bonchev–Trinajstić information content (AvgIpc) is 2.45. The standard InChI is InChI=1S/C10H16N4/c1-7(2)8(3)12-10-9(5-11)6-14(4)13-10/h6-8H,1-4H3,(H,12,13). The fraction of sp³-hybridized carbons (Fsp3) is 0.600. The molecule has 1 N–H and O–H groups in total. The predicted molar refractivity (Wildman–Crippen MR) is 55.8 cm³/mol. The molecule has 0 fully saturated rings. The Morgan fingerprint density at radius 1 is 1.50 bits per heavy atom. The SMILES string of the molecule is CC(C)C(C)Nc1nn(C)cc1C#N. The van der Waals surface area contributed by atoms with Crippen LogP contribution in [0.1, 0.15) is 26.3 Å². The molecule has 4 nitrogen and oxygen atoms in total. The van der Waals surface area contributed by atoms with E-state index in [9.17, 15) is 0 Å². The van der Waals surface area contributed by atoms with Gasteiger partial charge in [0.15, 0.2) is 5.82 Å². The zero-order chi connectivity index (χ0) is 10.7. The Morgan fingerprint density at radius 3 is 2.64 bits per heavy atom. The lowest BCUT2D eigenvalue weighted by Crippen LogP contribution is -2.22. The lowest BCUT2D eigenvalue weighted by Gasteiger charge is -2.16. The largest absolute Gasteiger partial charge is 0.365 e. The number of anilines is 1. The summed E-state index contributed by atoms with van der Waals surface area (Å²) in [7, 11) is 1.81. The highest BCUT2D eigenvalue weighted by Gasteiger charge is 2.12. The fourth-order valence-corrected chi connectivity index (χ4v) is 1.06. The average molecular weight is 192 g/mol. The van der Waals surface area contributed by atoms with E-state index in [2.05, 4.69) is 37.3 Å². The number of aromatic nitrogens is 2. The normalized spacial score (nSPS) is 12.6. The summed E-state index contributed by atoms with van der Waals surface area (Å²) in [6.07, 6.45) is 1.72. The summed E-state index contributed by atoms with van der Waals surface area (Å²) < 4.78 is 1.65. The molecule has 0 radical (unpaired) electrons. The molecule has 0 bridgehead atoms. The van der Waals surface area contributed by atoms with Gasteiger partial charge in [-0.15, -0.1) is 0 Å². The zero-order valence-corrected chi connectivity index (χ0v) is 9.07. The predicted octanol–water partition coefficient (Wildman–Crippen LogP) is 1.75. The topological polar surface area (TPSA) is 53.6 Å². The molecule has 1 atom stereocenters. The maximum Gasteiger partial charge on any atom is 0.166 e. The van der Waals surface area contributed by atoms with Crippen molar-refractivity contribution in [2.24, 2.45) is 13.0 Å². The van der Waals surface area contributed by atoms with Gasteiger partial charge in [-0.1, -0.05) is 13.8 Å². The monoisotopic (exact) mass is 192 g/mol. The smallest absolute Gasteiger partial charge is 0.166 e. The maximum absolute atomic E-state index is 8.84. The summed E-state index contributed by atoms with van der Waals surface area (Å²) in [4.78, 5) is 0. The lowest BCUT2D eigenvalue weighted by molar-refractivity contribution is 0.557. The molecular weight excluding hydrogens is 176 g/mol. The molecule has 0 spiro atoms. The quantitative estimate of drug-likeness (QED) is 0.793. The van der Waals surface area contributed by atoms with Crippen molar-refractivity contribution in [3.8, 4) is 6.07 Å². The van der Waals surface area contributed by atoms with E-state index in [1.165, 1.54) is 0 Å². The van der Waals surface area contributed by atoms with Gasteiger partial charge in [-0.05, 0) is 12.8 Å². The minimum atomic E-state index is 0.317. The van der Waals surface area contributed by atoms with Crippen molar-refractivity contribution in [3.05, 3.63) is 11.8 Å². The molecule has 0 aliphatic heterocycles. The van der Waals surface area contributed by atoms with Crippen LogP contribution < -0.4 is 5.32 Å². The minimum Gasteiger partial charge on any atom is -0.365 e. The van der Waals surface area contributed by atoms with Crippen LogP contribution >= 0.6 is 0 Å². The molecule has 0 saturated heterocycles. The summed E-state index contributed by atoms with van der Waals surface area (Å²) in [6.45, 7) is 6.35. The molecule has 1 aromatic heterocycles. The highest BCUT2D eigenvalue weighted by Crippen LogP contribution is 2.14. The van der Waals surface area contributed by atoms with Crippen molar-refractivity contribution >= 4 is 5.82 Å². The Hall–Kier alpha value is -1.50. The van der Waals surface area contributed by atoms with Crippen molar-refractivity contribution in [3.63, 3.8) is 0 Å². The Balaban J connectivity index is 2.81. The van der Waals surface area contributed by atoms with Gasteiger partial charge in [0.1, 0.15) is 11.6 Å². The van der Waals surface area contributed by atoms with Gasteiger partial charge in [0.25, 0.3) is 0 Å². The first-order valence-corrected chi connectivity index (χ1v) is 4.75. The molecule has 0 saturated carbocycles. The van der Waals surface area contributed by atoms with Crippen LogP contribution in [0.25, 0.3) is 0 Å². The number of rotatable bonds is 3. The van der Waals surface area contributed by atoms with E-state index in [4.69, 9.17) is 5.26 Å². The molecule has 1 unspecified atom stereocenters. The number of nitrogens with one attached hydrogen (secondary N) is 1. The van der Waals surface area contributed by atoms with Gasteiger partial charge in [0, 0.05) is 19.3 Å². The van der Waals surface area contributed by atoms with Crippen LogP contribution in [-0.2, 0) is 7.05 Å². The third kappa shape index (κ3) is 2.25. The summed E-state index contributed by atoms with van der Waals surface area (Å²) >= 11 is 0. The molecule has 4 heteroatoms.